The number of imidazole rings is 1. The van der Waals surface area contributed by atoms with E-state index in [2.05, 4.69) is 17.1 Å². The van der Waals surface area contributed by atoms with Crippen molar-refractivity contribution in [3.05, 3.63) is 89.6 Å². The average Bonchev–Trinajstić information content (AvgIpc) is 3.29. The topological polar surface area (TPSA) is 75.5 Å². The Balaban J connectivity index is 1.27. The first kappa shape index (κ1) is 23.3. The molecule has 7 nitrogen and oxygen atoms in total. The Labute approximate surface area is 198 Å². The highest BCUT2D eigenvalue weighted by Gasteiger charge is 2.27. The maximum atomic E-state index is 12.7. The van der Waals surface area contributed by atoms with E-state index in [-0.39, 0.29) is 11.7 Å². The molecule has 4 rings (SSSR count). The van der Waals surface area contributed by atoms with E-state index >= 15 is 0 Å². The van der Waals surface area contributed by atoms with Crippen molar-refractivity contribution in [2.75, 3.05) is 31.9 Å². The van der Waals surface area contributed by atoms with E-state index in [1.165, 1.54) is 27.0 Å². The van der Waals surface area contributed by atoms with E-state index in [1.54, 1.807) is 17.2 Å². The maximum absolute atomic E-state index is 12.7. The molecule has 1 fully saturated rings. The van der Waals surface area contributed by atoms with Crippen LogP contribution in [0, 0.1) is 0 Å². The summed E-state index contributed by atoms with van der Waals surface area (Å²) < 4.78 is 28.7. The minimum atomic E-state index is -3.52. The fourth-order valence-corrected chi connectivity index (χ4v) is 5.60. The maximum Gasteiger partial charge on any atom is 0.236 e. The van der Waals surface area contributed by atoms with Crippen molar-refractivity contribution < 1.29 is 13.2 Å². The zero-order valence-electron chi connectivity index (χ0n) is 18.2. The van der Waals surface area contributed by atoms with Crippen molar-refractivity contribution in [2.24, 2.45) is 0 Å². The summed E-state index contributed by atoms with van der Waals surface area (Å²) in [6.45, 7) is 2.05. The lowest BCUT2D eigenvalue weighted by Crippen LogP contribution is -2.50. The molecule has 0 N–H and O–H groups in total. The van der Waals surface area contributed by atoms with Crippen molar-refractivity contribution in [1.29, 1.82) is 0 Å². The molecule has 1 aromatic heterocycles. The van der Waals surface area contributed by atoms with Crippen LogP contribution in [0.25, 0.3) is 6.08 Å². The second-order valence-electron chi connectivity index (χ2n) is 7.65. The molecule has 172 valence electrons. The number of thioether (sulfide) groups is 1. The highest BCUT2D eigenvalue weighted by atomic mass is 32.2. The standard InChI is InChI=1S/C24H26N4O3S2/c29-23(20-32-24-25-12-13-27(24)19-22-9-5-2-6-10-22)26-14-16-28(17-15-26)33(30,31)18-11-21-7-3-1-4-8-21/h1-13,18H,14-17,19-20H2. The molecule has 0 aliphatic carbocycles. The molecule has 0 unspecified atom stereocenters. The lowest BCUT2D eigenvalue weighted by Gasteiger charge is -2.33. The van der Waals surface area contributed by atoms with E-state index in [0.717, 1.165) is 10.7 Å². The van der Waals surface area contributed by atoms with Crippen LogP contribution in [0.5, 0.6) is 0 Å². The van der Waals surface area contributed by atoms with Crippen molar-refractivity contribution in [3.63, 3.8) is 0 Å². The molecule has 1 aliphatic rings. The van der Waals surface area contributed by atoms with Crippen LogP contribution in [0.15, 0.2) is 83.6 Å². The number of carbonyl (C=O) groups excluding carboxylic acids is 1. The van der Waals surface area contributed by atoms with Gasteiger partial charge in [0.15, 0.2) is 5.16 Å². The molecule has 0 radical (unpaired) electrons. The molecule has 33 heavy (non-hydrogen) atoms. The van der Waals surface area contributed by atoms with Crippen LogP contribution < -0.4 is 0 Å². The molecule has 3 aromatic rings. The third-order valence-electron chi connectivity index (χ3n) is 5.38. The van der Waals surface area contributed by atoms with Crippen LogP contribution >= 0.6 is 11.8 Å². The normalized spacial score (nSPS) is 15.2. The van der Waals surface area contributed by atoms with Gasteiger partial charge in [0.05, 0.1) is 5.75 Å². The number of amides is 1. The molecule has 0 saturated carbocycles. The quantitative estimate of drug-likeness (QED) is 0.461. The van der Waals surface area contributed by atoms with Gasteiger partial charge in [-0.15, -0.1) is 0 Å². The molecule has 2 heterocycles. The number of benzene rings is 2. The van der Waals surface area contributed by atoms with Gasteiger partial charge in [-0.1, -0.05) is 72.4 Å². The number of sulfonamides is 1. The molecule has 0 spiro atoms. The van der Waals surface area contributed by atoms with Gasteiger partial charge in [-0.2, -0.15) is 4.31 Å². The predicted molar refractivity (Wildman–Crippen MR) is 131 cm³/mol. The number of rotatable bonds is 8. The summed E-state index contributed by atoms with van der Waals surface area (Å²) in [6, 6.07) is 19.4. The fraction of sp³-hybridized carbons (Fsp3) is 0.250. The third-order valence-corrected chi connectivity index (χ3v) is 7.94. The Hall–Kier alpha value is -2.88. The van der Waals surface area contributed by atoms with Crippen LogP contribution in [0.1, 0.15) is 11.1 Å². The third kappa shape index (κ3) is 6.34. The number of carbonyl (C=O) groups is 1. The van der Waals surface area contributed by atoms with Gasteiger partial charge >= 0.3 is 0 Å². The summed E-state index contributed by atoms with van der Waals surface area (Å²) in [7, 11) is -3.52. The zero-order valence-corrected chi connectivity index (χ0v) is 19.8. The van der Waals surface area contributed by atoms with Crippen molar-refractivity contribution in [2.45, 2.75) is 11.7 Å². The van der Waals surface area contributed by atoms with E-state index in [1.807, 2.05) is 59.3 Å². The summed E-state index contributed by atoms with van der Waals surface area (Å²) in [4.78, 5) is 18.8. The summed E-state index contributed by atoms with van der Waals surface area (Å²) in [6.07, 6.45) is 5.25. The SMILES string of the molecule is O=C(CSc1nccn1Cc1ccccc1)N1CCN(S(=O)(=O)C=Cc2ccccc2)CC1. The van der Waals surface area contributed by atoms with Crippen LogP contribution in [-0.4, -0.2) is 65.0 Å². The molecule has 0 bridgehead atoms. The van der Waals surface area contributed by atoms with Gasteiger partial charge in [0.1, 0.15) is 0 Å². The molecule has 1 saturated heterocycles. The number of aromatic nitrogens is 2. The number of nitrogens with zero attached hydrogens (tertiary/aromatic N) is 4. The Morgan fingerprint density at radius 3 is 2.33 bits per heavy atom. The molecule has 9 heteroatoms. The van der Waals surface area contributed by atoms with Gasteiger partial charge in [0, 0.05) is 50.5 Å². The van der Waals surface area contributed by atoms with Gasteiger partial charge in [-0.3, -0.25) is 4.79 Å². The highest BCUT2D eigenvalue weighted by Crippen LogP contribution is 2.19. The Kier molecular flexibility index (Phi) is 7.64. The Morgan fingerprint density at radius 2 is 1.64 bits per heavy atom. The van der Waals surface area contributed by atoms with Crippen LogP contribution in [0.3, 0.4) is 0 Å². The number of hydrogen-bond acceptors (Lipinski definition) is 5. The van der Waals surface area contributed by atoms with Gasteiger partial charge in [0.25, 0.3) is 0 Å². The summed E-state index contributed by atoms with van der Waals surface area (Å²) in [5, 5.41) is 2.03. The van der Waals surface area contributed by atoms with E-state index in [9.17, 15) is 13.2 Å². The minimum Gasteiger partial charge on any atom is -0.339 e. The first-order chi connectivity index (χ1) is 16.0. The molecule has 1 amide bonds. The summed E-state index contributed by atoms with van der Waals surface area (Å²) in [5.74, 6) is 0.262. The molecule has 1 aliphatic heterocycles. The largest absolute Gasteiger partial charge is 0.339 e. The lowest BCUT2D eigenvalue weighted by molar-refractivity contribution is -0.129. The fourth-order valence-electron chi connectivity index (χ4n) is 3.56. The number of hydrogen-bond donors (Lipinski definition) is 0. The Bertz CT molecular complexity index is 1190. The van der Waals surface area contributed by atoms with Crippen LogP contribution in [0.4, 0.5) is 0 Å². The average molecular weight is 483 g/mol. The molecular weight excluding hydrogens is 456 g/mol. The summed E-state index contributed by atoms with van der Waals surface area (Å²) in [5.41, 5.74) is 2.00. The second-order valence-corrected chi connectivity index (χ2v) is 10.4. The smallest absolute Gasteiger partial charge is 0.236 e. The van der Waals surface area contributed by atoms with Gasteiger partial charge in [0.2, 0.25) is 15.9 Å². The van der Waals surface area contributed by atoms with Gasteiger partial charge in [-0.25, -0.2) is 13.4 Å². The van der Waals surface area contributed by atoms with Crippen LogP contribution in [-0.2, 0) is 21.4 Å². The predicted octanol–water partition coefficient (Wildman–Crippen LogP) is 3.17. The Morgan fingerprint density at radius 1 is 0.970 bits per heavy atom. The van der Waals surface area contributed by atoms with E-state index in [4.69, 9.17) is 0 Å². The number of piperazine rings is 1. The minimum absolute atomic E-state index is 0.00821. The molecular formula is C24H26N4O3S2. The van der Waals surface area contributed by atoms with Crippen LogP contribution in [0.2, 0.25) is 0 Å². The first-order valence-electron chi connectivity index (χ1n) is 10.7. The first-order valence-corrected chi connectivity index (χ1v) is 13.2. The monoisotopic (exact) mass is 482 g/mol. The van der Waals surface area contributed by atoms with Crippen molar-refractivity contribution in [1.82, 2.24) is 18.8 Å². The van der Waals surface area contributed by atoms with Crippen molar-refractivity contribution in [3.8, 4) is 0 Å². The van der Waals surface area contributed by atoms with Crippen molar-refractivity contribution >= 4 is 33.8 Å². The summed E-state index contributed by atoms with van der Waals surface area (Å²) >= 11 is 1.40. The molecule has 0 atom stereocenters. The lowest BCUT2D eigenvalue weighted by atomic mass is 10.2. The second kappa shape index (κ2) is 10.8. The highest BCUT2D eigenvalue weighted by molar-refractivity contribution is 7.99. The van der Waals surface area contributed by atoms with Gasteiger partial charge in [-0.05, 0) is 17.2 Å². The molecule has 2 aromatic carbocycles. The van der Waals surface area contributed by atoms with E-state index < -0.39 is 10.0 Å². The van der Waals surface area contributed by atoms with E-state index in [0.29, 0.717) is 32.7 Å². The van der Waals surface area contributed by atoms with Gasteiger partial charge < -0.3 is 9.47 Å². The zero-order chi connectivity index (χ0) is 23.1.